The Morgan fingerprint density at radius 2 is 0.973 bits per heavy atom. The third-order valence-corrected chi connectivity index (χ3v) is 45.5. The average Bonchev–Trinajstić information content (AvgIpc) is 2.92. The van der Waals surface area contributed by atoms with Gasteiger partial charge in [0, 0.05) is 0 Å². The van der Waals surface area contributed by atoms with Crippen LogP contribution >= 0.6 is 0 Å². The van der Waals surface area contributed by atoms with Crippen molar-refractivity contribution in [2.75, 3.05) is 0 Å². The number of unbranched alkanes of at least 4 members (excludes halogenated alkanes) is 6. The Hall–Kier alpha value is 0.217. The van der Waals surface area contributed by atoms with E-state index in [0.29, 0.717) is 0 Å². The molecule has 0 aromatic heterocycles. The summed E-state index contributed by atoms with van der Waals surface area (Å²) in [6.07, 6.45) is 16.4. The van der Waals surface area contributed by atoms with Gasteiger partial charge in [-0.25, -0.2) is 0 Å². The number of nitrogens with zero attached hydrogens (tertiary/aromatic N) is 1. The van der Waals surface area contributed by atoms with Crippen molar-refractivity contribution in [3.63, 3.8) is 0 Å². The normalized spacial score (nSPS) is 13.1. The van der Waals surface area contributed by atoms with Crippen LogP contribution in [-0.2, 0) is 0 Å². The molecule has 0 amide bonds. The van der Waals surface area contributed by atoms with Crippen LogP contribution in [0.3, 0.4) is 0 Å². The minimum atomic E-state index is -2.62. The molecule has 0 saturated carbocycles. The van der Waals surface area contributed by atoms with Crippen molar-refractivity contribution in [2.45, 2.75) is 154 Å². The van der Waals surface area contributed by atoms with Gasteiger partial charge in [-0.15, -0.1) is 0 Å². The van der Waals surface area contributed by atoms with Crippen LogP contribution in [0.4, 0.5) is 5.69 Å². The zero-order chi connectivity index (χ0) is 27.6. The van der Waals surface area contributed by atoms with Crippen molar-refractivity contribution >= 4 is 42.4 Å². The van der Waals surface area contributed by atoms with E-state index < -0.39 is 36.8 Å². The van der Waals surface area contributed by atoms with E-state index in [2.05, 4.69) is 53.7 Å². The van der Waals surface area contributed by atoms with Crippen LogP contribution in [0.2, 0.25) is 31.1 Å². The Balaban J connectivity index is 3.73. The van der Waals surface area contributed by atoms with Gasteiger partial charge in [0.1, 0.15) is 0 Å². The average molecular weight is 729 g/mol. The molecule has 0 saturated heterocycles. The fourth-order valence-electron chi connectivity index (χ4n) is 6.77. The van der Waals surface area contributed by atoms with E-state index in [0.717, 1.165) is 3.93 Å². The maximum atomic E-state index is 11.5. The predicted octanol–water partition coefficient (Wildman–Crippen LogP) is 11.9. The maximum absolute atomic E-state index is 11.5. The van der Waals surface area contributed by atoms with Crippen molar-refractivity contribution in [1.29, 1.82) is 0 Å². The van der Waals surface area contributed by atoms with Crippen LogP contribution in [0.5, 0.6) is 0 Å². The first-order valence-electron chi connectivity index (χ1n) is 16.1. The molecule has 3 nitrogen and oxygen atoms in total. The zero-order valence-electron chi connectivity index (χ0n) is 25.6. The minimum absolute atomic E-state index is 0.214. The fraction of sp³-hybridized carbons (Fsp3) is 0.812. The van der Waals surface area contributed by atoms with Gasteiger partial charge < -0.3 is 0 Å². The van der Waals surface area contributed by atoms with Gasteiger partial charge in [-0.3, -0.25) is 0 Å². The number of benzene rings is 1. The molecule has 0 bridgehead atoms. The summed E-state index contributed by atoms with van der Waals surface area (Å²) in [7, 11) is 0. The van der Waals surface area contributed by atoms with Gasteiger partial charge in [-0.1, -0.05) is 0 Å². The van der Waals surface area contributed by atoms with E-state index >= 15 is 0 Å². The molecule has 0 aliphatic rings. The first kappa shape index (κ1) is 35.2. The van der Waals surface area contributed by atoms with Crippen LogP contribution in [-0.4, -0.2) is 41.7 Å². The van der Waals surface area contributed by atoms with Gasteiger partial charge in [0.2, 0.25) is 0 Å². The quantitative estimate of drug-likeness (QED) is 0.0640. The topological polar surface area (TPSA) is 43.1 Å². The molecular formula is C32H61NO2Sn2. The van der Waals surface area contributed by atoms with Crippen LogP contribution in [0.25, 0.3) is 0 Å². The second kappa shape index (κ2) is 20.1. The summed E-state index contributed by atoms with van der Waals surface area (Å²) in [5.41, 5.74) is 1.77. The predicted molar refractivity (Wildman–Crippen MR) is 170 cm³/mol. The van der Waals surface area contributed by atoms with E-state index in [1.165, 1.54) is 95.9 Å². The van der Waals surface area contributed by atoms with Crippen molar-refractivity contribution in [3.8, 4) is 0 Å². The van der Waals surface area contributed by atoms with Crippen molar-refractivity contribution in [1.82, 2.24) is 0 Å². The Morgan fingerprint density at radius 1 is 0.622 bits per heavy atom. The van der Waals surface area contributed by atoms with Crippen LogP contribution < -0.4 is 0 Å². The van der Waals surface area contributed by atoms with Gasteiger partial charge in [0.15, 0.2) is 0 Å². The molecule has 0 fully saturated rings. The van der Waals surface area contributed by atoms with Gasteiger partial charge in [0.05, 0.1) is 0 Å². The first-order valence-corrected chi connectivity index (χ1v) is 31.9. The number of non-ortho nitro benzene ring substituents is 1. The molecule has 0 heterocycles. The van der Waals surface area contributed by atoms with Gasteiger partial charge in [0.25, 0.3) is 0 Å². The molecule has 1 unspecified atom stereocenters. The van der Waals surface area contributed by atoms with Crippen LogP contribution in [0.1, 0.15) is 128 Å². The second-order valence-electron chi connectivity index (χ2n) is 12.1. The number of hydrogen-bond acceptors (Lipinski definition) is 2. The molecule has 214 valence electrons. The van der Waals surface area contributed by atoms with Gasteiger partial charge in [-0.2, -0.15) is 0 Å². The number of nitro benzene ring substituents is 1. The fourth-order valence-corrected chi connectivity index (χ4v) is 57.8. The Labute approximate surface area is 239 Å². The van der Waals surface area contributed by atoms with E-state index in [1.54, 1.807) is 17.7 Å². The number of hydrogen-bond donors (Lipinski definition) is 0. The van der Waals surface area contributed by atoms with Gasteiger partial charge in [-0.05, 0) is 0 Å². The molecule has 5 heteroatoms. The monoisotopic (exact) mass is 731 g/mol. The molecule has 1 aromatic rings. The van der Waals surface area contributed by atoms with Crippen molar-refractivity contribution in [2.24, 2.45) is 0 Å². The molecule has 0 aliphatic heterocycles. The summed E-state index contributed by atoms with van der Waals surface area (Å²) >= 11 is -5.03. The van der Waals surface area contributed by atoms with E-state index in [-0.39, 0.29) is 10.6 Å². The third-order valence-electron chi connectivity index (χ3n) is 9.15. The summed E-state index contributed by atoms with van der Waals surface area (Å²) in [6.45, 7) is 14.3. The third kappa shape index (κ3) is 12.1. The van der Waals surface area contributed by atoms with E-state index in [9.17, 15) is 10.1 Å². The molecule has 0 radical (unpaired) electrons. The van der Waals surface area contributed by atoms with E-state index in [4.69, 9.17) is 0 Å². The van der Waals surface area contributed by atoms with Crippen LogP contribution in [0, 0.1) is 10.1 Å². The summed E-state index contributed by atoms with van der Waals surface area (Å²) in [6, 6.07) is 8.10. The first-order chi connectivity index (χ1) is 17.9. The zero-order valence-corrected chi connectivity index (χ0v) is 31.3. The molecule has 1 atom stereocenters. The second-order valence-corrected chi connectivity index (χ2v) is 40.1. The van der Waals surface area contributed by atoms with Crippen LogP contribution in [0.15, 0.2) is 24.3 Å². The molecule has 0 spiro atoms. The summed E-state index contributed by atoms with van der Waals surface area (Å²) in [4.78, 5) is 11.3. The molecule has 1 rings (SSSR count). The summed E-state index contributed by atoms with van der Waals surface area (Å²) < 4.78 is 11.7. The molecule has 37 heavy (non-hydrogen) atoms. The number of nitro groups is 1. The van der Waals surface area contributed by atoms with E-state index in [1.807, 2.05) is 12.1 Å². The van der Waals surface area contributed by atoms with Gasteiger partial charge >= 0.3 is 241 Å². The summed E-state index contributed by atoms with van der Waals surface area (Å²) in [5, 5.41) is 11.5. The van der Waals surface area contributed by atoms with Crippen molar-refractivity contribution < 1.29 is 4.92 Å². The summed E-state index contributed by atoms with van der Waals surface area (Å²) in [5.74, 6) is 0. The Bertz CT molecular complexity index is 678. The SMILES string of the molecule is CCC[CH2][Sn]([CH2]CCC)([CH2]CCC)[CH2][CH](c1ccc([N+](=O)[O-])cc1)[Sn]([CH2]CCC)([CH2]CCC)[CH2]CCC. The Morgan fingerprint density at radius 3 is 1.30 bits per heavy atom. The number of rotatable bonds is 23. The molecule has 0 aliphatic carbocycles. The van der Waals surface area contributed by atoms with Crippen molar-refractivity contribution in [3.05, 3.63) is 39.9 Å². The molecular weight excluding hydrogens is 668 g/mol. The Kier molecular flexibility index (Phi) is 19.2. The molecule has 1 aromatic carbocycles. The molecule has 0 N–H and O–H groups in total. The standard InChI is InChI=1S/C8H7NO2.6C4H9.2Sn/c1-2-7-3-5-8(6-4-7)9(10)11;6*1-3-4-2;;/h2-6H,1H2;6*1,3-4H2,2H3;;.